The van der Waals surface area contributed by atoms with E-state index < -0.39 is 0 Å². The summed E-state index contributed by atoms with van der Waals surface area (Å²) in [5, 5.41) is 7.44. The van der Waals surface area contributed by atoms with Gasteiger partial charge in [0.1, 0.15) is 5.82 Å². The second-order valence-electron chi connectivity index (χ2n) is 6.48. The third-order valence-electron chi connectivity index (χ3n) is 4.89. The molecule has 1 aromatic carbocycles. The van der Waals surface area contributed by atoms with E-state index >= 15 is 0 Å². The highest BCUT2D eigenvalue weighted by Gasteiger charge is 2.26. The lowest BCUT2D eigenvalue weighted by atomic mass is 10.2. The molecule has 2 saturated heterocycles. The summed E-state index contributed by atoms with van der Waals surface area (Å²) < 4.78 is 18.3. The van der Waals surface area contributed by atoms with Crippen LogP contribution in [0.3, 0.4) is 0 Å². The van der Waals surface area contributed by atoms with Gasteiger partial charge >= 0.3 is 0 Å². The van der Waals surface area contributed by atoms with Crippen molar-refractivity contribution in [2.75, 3.05) is 39.3 Å². The van der Waals surface area contributed by atoms with E-state index in [1.165, 1.54) is 18.6 Å². The molecule has 8 heteroatoms. The molecule has 1 unspecified atom stereocenters. The lowest BCUT2D eigenvalue weighted by molar-refractivity contribution is 0.0908. The molecule has 6 nitrogen and oxygen atoms in total. The normalized spacial score (nSPS) is 22.0. The Hall–Kier alpha value is -1.54. The Kier molecular flexibility index (Phi) is 6.01. The molecule has 0 spiro atoms. The van der Waals surface area contributed by atoms with Crippen molar-refractivity contribution in [1.82, 2.24) is 25.3 Å². The largest absolute Gasteiger partial charge is 0.338 e. The quantitative estimate of drug-likeness (QED) is 0.889. The van der Waals surface area contributed by atoms with Crippen molar-refractivity contribution in [3.8, 4) is 11.4 Å². The van der Waals surface area contributed by atoms with Crippen molar-refractivity contribution in [1.29, 1.82) is 0 Å². The molecule has 1 N–H and O–H groups in total. The molecule has 0 saturated carbocycles. The summed E-state index contributed by atoms with van der Waals surface area (Å²) >= 11 is 0. The van der Waals surface area contributed by atoms with Crippen LogP contribution in [-0.4, -0.2) is 65.3 Å². The monoisotopic (exact) mass is 367 g/mol. The molecule has 0 aliphatic carbocycles. The summed E-state index contributed by atoms with van der Waals surface area (Å²) in [6.07, 6.45) is 1.25. The summed E-state index contributed by atoms with van der Waals surface area (Å²) in [5.41, 5.74) is 0.768. The lowest BCUT2D eigenvalue weighted by Crippen LogP contribution is -2.50. The van der Waals surface area contributed by atoms with Gasteiger partial charge in [-0.3, -0.25) is 9.80 Å². The second-order valence-corrected chi connectivity index (χ2v) is 6.48. The minimum Gasteiger partial charge on any atom is -0.338 e. The van der Waals surface area contributed by atoms with E-state index in [0.717, 1.165) is 44.8 Å². The molecule has 136 valence electrons. The molecule has 0 amide bonds. The maximum atomic E-state index is 13.0. The van der Waals surface area contributed by atoms with Crippen LogP contribution < -0.4 is 5.32 Å². The van der Waals surface area contributed by atoms with Gasteiger partial charge < -0.3 is 9.84 Å². The van der Waals surface area contributed by atoms with Crippen molar-refractivity contribution in [2.45, 2.75) is 19.0 Å². The summed E-state index contributed by atoms with van der Waals surface area (Å²) in [4.78, 5) is 9.36. The first-order valence-corrected chi connectivity index (χ1v) is 8.53. The topological polar surface area (TPSA) is 57.4 Å². The van der Waals surface area contributed by atoms with Crippen molar-refractivity contribution in [3.63, 3.8) is 0 Å². The Labute approximate surface area is 152 Å². The summed E-state index contributed by atoms with van der Waals surface area (Å²) in [5.74, 6) is 0.865. The smallest absolute Gasteiger partial charge is 0.241 e. The number of benzene rings is 1. The zero-order chi connectivity index (χ0) is 16.4. The number of hydrogen-bond acceptors (Lipinski definition) is 6. The van der Waals surface area contributed by atoms with Gasteiger partial charge in [0.05, 0.1) is 6.54 Å². The van der Waals surface area contributed by atoms with Crippen LogP contribution in [0.1, 0.15) is 12.3 Å². The van der Waals surface area contributed by atoms with E-state index in [0.29, 0.717) is 24.3 Å². The van der Waals surface area contributed by atoms with Crippen LogP contribution in [0, 0.1) is 5.82 Å². The fourth-order valence-electron chi connectivity index (χ4n) is 3.46. The van der Waals surface area contributed by atoms with Gasteiger partial charge in [-0.1, -0.05) is 5.16 Å². The Bertz CT molecular complexity index is 666. The fraction of sp³-hybridized carbons (Fsp3) is 0.529. The Morgan fingerprint density at radius 1 is 1.16 bits per heavy atom. The van der Waals surface area contributed by atoms with Crippen LogP contribution in [0.15, 0.2) is 28.8 Å². The molecule has 3 heterocycles. The molecule has 1 aromatic heterocycles. The number of nitrogens with one attached hydrogen (secondary N) is 1. The number of rotatable bonds is 4. The summed E-state index contributed by atoms with van der Waals surface area (Å²) in [6, 6.07) is 6.84. The van der Waals surface area contributed by atoms with Crippen molar-refractivity contribution < 1.29 is 8.91 Å². The third kappa shape index (κ3) is 4.36. The van der Waals surface area contributed by atoms with Crippen LogP contribution in [0.5, 0.6) is 0 Å². The van der Waals surface area contributed by atoms with Gasteiger partial charge in [-0.05, 0) is 37.2 Å². The minimum absolute atomic E-state index is 0. The Morgan fingerprint density at radius 3 is 2.60 bits per heavy atom. The molecule has 4 rings (SSSR count). The molecule has 25 heavy (non-hydrogen) atoms. The molecule has 2 aliphatic heterocycles. The standard InChI is InChI=1S/C17H22FN5O.ClH/c18-14-3-1-13(2-4-14)17-20-16(24-21-17)12-22-7-9-23(10-8-22)15-5-6-19-11-15;/h1-4,15,19H,5-12H2;1H. The van der Waals surface area contributed by atoms with E-state index in [-0.39, 0.29) is 18.2 Å². The zero-order valence-corrected chi connectivity index (χ0v) is 14.8. The first kappa shape index (κ1) is 18.3. The van der Waals surface area contributed by atoms with E-state index in [2.05, 4.69) is 25.3 Å². The van der Waals surface area contributed by atoms with Gasteiger partial charge in [0, 0.05) is 44.3 Å². The molecule has 2 aliphatic rings. The highest BCUT2D eigenvalue weighted by molar-refractivity contribution is 5.85. The zero-order valence-electron chi connectivity index (χ0n) is 14.0. The van der Waals surface area contributed by atoms with E-state index in [1.54, 1.807) is 12.1 Å². The average molecular weight is 368 g/mol. The van der Waals surface area contributed by atoms with Crippen LogP contribution in [0.2, 0.25) is 0 Å². The summed E-state index contributed by atoms with van der Waals surface area (Å²) in [7, 11) is 0. The van der Waals surface area contributed by atoms with Crippen LogP contribution in [-0.2, 0) is 6.54 Å². The highest BCUT2D eigenvalue weighted by Crippen LogP contribution is 2.18. The molecule has 2 fully saturated rings. The van der Waals surface area contributed by atoms with Gasteiger partial charge in [-0.15, -0.1) is 12.4 Å². The van der Waals surface area contributed by atoms with Gasteiger partial charge in [-0.25, -0.2) is 4.39 Å². The second kappa shape index (κ2) is 8.23. The number of hydrogen-bond donors (Lipinski definition) is 1. The van der Waals surface area contributed by atoms with Gasteiger partial charge in [0.25, 0.3) is 0 Å². The molecule has 1 atom stereocenters. The van der Waals surface area contributed by atoms with E-state index in [4.69, 9.17) is 4.52 Å². The van der Waals surface area contributed by atoms with E-state index in [1.807, 2.05) is 0 Å². The van der Waals surface area contributed by atoms with Crippen LogP contribution >= 0.6 is 12.4 Å². The summed E-state index contributed by atoms with van der Waals surface area (Å²) in [6.45, 7) is 7.14. The van der Waals surface area contributed by atoms with Gasteiger partial charge in [-0.2, -0.15) is 4.98 Å². The van der Waals surface area contributed by atoms with Crippen molar-refractivity contribution >= 4 is 12.4 Å². The Morgan fingerprint density at radius 2 is 1.92 bits per heavy atom. The maximum Gasteiger partial charge on any atom is 0.241 e. The lowest BCUT2D eigenvalue weighted by Gasteiger charge is -2.37. The number of aromatic nitrogens is 2. The number of halogens is 2. The van der Waals surface area contributed by atoms with Gasteiger partial charge in [0.15, 0.2) is 0 Å². The fourth-order valence-corrected chi connectivity index (χ4v) is 3.46. The minimum atomic E-state index is -0.266. The first-order chi connectivity index (χ1) is 11.8. The van der Waals surface area contributed by atoms with Gasteiger partial charge in [0.2, 0.25) is 11.7 Å². The van der Waals surface area contributed by atoms with E-state index in [9.17, 15) is 4.39 Å². The Balaban J connectivity index is 0.00000182. The molecular weight excluding hydrogens is 345 g/mol. The number of piperazine rings is 1. The molecule has 0 bridgehead atoms. The average Bonchev–Trinajstić information content (AvgIpc) is 3.28. The molecule has 0 radical (unpaired) electrons. The maximum absolute atomic E-state index is 13.0. The highest BCUT2D eigenvalue weighted by atomic mass is 35.5. The molecule has 2 aromatic rings. The predicted octanol–water partition coefficient (Wildman–Crippen LogP) is 1.78. The predicted molar refractivity (Wildman–Crippen MR) is 95.1 cm³/mol. The van der Waals surface area contributed by atoms with Crippen LogP contribution in [0.25, 0.3) is 11.4 Å². The SMILES string of the molecule is Cl.Fc1ccc(-c2noc(CN3CCN(C4CCNC4)CC3)n2)cc1. The van der Waals surface area contributed by atoms with Crippen molar-refractivity contribution in [2.24, 2.45) is 0 Å². The first-order valence-electron chi connectivity index (χ1n) is 8.53. The molecular formula is C17H23ClFN5O. The third-order valence-corrected chi connectivity index (χ3v) is 4.89. The van der Waals surface area contributed by atoms with Crippen molar-refractivity contribution in [3.05, 3.63) is 36.0 Å². The number of nitrogens with zero attached hydrogens (tertiary/aromatic N) is 4. The van der Waals surface area contributed by atoms with Crippen LogP contribution in [0.4, 0.5) is 4.39 Å².